The highest BCUT2D eigenvalue weighted by molar-refractivity contribution is 5.78. The maximum atomic E-state index is 12.3. The quantitative estimate of drug-likeness (QED) is 0.661. The summed E-state index contributed by atoms with van der Waals surface area (Å²) in [7, 11) is 0. The molecule has 1 fully saturated rings. The van der Waals surface area contributed by atoms with E-state index in [4.69, 9.17) is 10.5 Å². The van der Waals surface area contributed by atoms with Crippen molar-refractivity contribution in [3.63, 3.8) is 0 Å². The minimum absolute atomic E-state index is 0.188. The Morgan fingerprint density at radius 3 is 2.76 bits per heavy atom. The van der Waals surface area contributed by atoms with Crippen LogP contribution in [-0.2, 0) is 11.2 Å². The van der Waals surface area contributed by atoms with E-state index < -0.39 is 6.61 Å². The Bertz CT molecular complexity index is 477. The van der Waals surface area contributed by atoms with Gasteiger partial charge in [0.2, 0.25) is 0 Å². The number of rotatable bonds is 5. The Hall–Kier alpha value is -1.89. The molecule has 0 atom stereocenters. The van der Waals surface area contributed by atoms with Gasteiger partial charge < -0.3 is 20.1 Å². The summed E-state index contributed by atoms with van der Waals surface area (Å²) in [5, 5.41) is 0. The molecule has 0 amide bonds. The molecule has 116 valence electrons. The molecule has 0 aliphatic carbocycles. The fourth-order valence-electron chi connectivity index (χ4n) is 2.10. The largest absolute Gasteiger partial charge is 0.435 e. The lowest BCUT2D eigenvalue weighted by Crippen LogP contribution is -2.44. The van der Waals surface area contributed by atoms with Crippen LogP contribution in [0.2, 0.25) is 0 Å². The third kappa shape index (κ3) is 4.86. The van der Waals surface area contributed by atoms with E-state index >= 15 is 0 Å². The van der Waals surface area contributed by atoms with E-state index in [0.717, 1.165) is 13.1 Å². The van der Waals surface area contributed by atoms with Crippen molar-refractivity contribution in [3.05, 3.63) is 29.8 Å². The zero-order valence-corrected chi connectivity index (χ0v) is 11.7. The molecular formula is C14H19F2N3O2. The lowest BCUT2D eigenvalue weighted by atomic mass is 10.1. The van der Waals surface area contributed by atoms with Crippen molar-refractivity contribution in [1.82, 2.24) is 4.90 Å². The first-order valence-electron chi connectivity index (χ1n) is 6.82. The molecule has 1 aliphatic heterocycles. The molecule has 0 aromatic heterocycles. The number of halogens is 2. The third-order valence-electron chi connectivity index (χ3n) is 3.18. The SMILES string of the molecule is NC(=NCCc1ccccc1OC(F)F)N1CCOCC1. The van der Waals surface area contributed by atoms with Gasteiger partial charge in [0.15, 0.2) is 5.96 Å². The van der Waals surface area contributed by atoms with Crippen LogP contribution in [0.15, 0.2) is 29.3 Å². The summed E-state index contributed by atoms with van der Waals surface area (Å²) in [4.78, 5) is 6.23. The van der Waals surface area contributed by atoms with E-state index in [2.05, 4.69) is 9.73 Å². The molecule has 1 aliphatic rings. The van der Waals surface area contributed by atoms with Crippen LogP contribution in [-0.4, -0.2) is 50.3 Å². The third-order valence-corrected chi connectivity index (χ3v) is 3.18. The zero-order valence-electron chi connectivity index (χ0n) is 11.7. The van der Waals surface area contributed by atoms with Gasteiger partial charge in [0.05, 0.1) is 13.2 Å². The second-order valence-corrected chi connectivity index (χ2v) is 4.58. The van der Waals surface area contributed by atoms with Gasteiger partial charge in [0, 0.05) is 19.6 Å². The Morgan fingerprint density at radius 1 is 1.33 bits per heavy atom. The number of hydrogen-bond donors (Lipinski definition) is 1. The van der Waals surface area contributed by atoms with Crippen LogP contribution < -0.4 is 10.5 Å². The van der Waals surface area contributed by atoms with Crippen molar-refractivity contribution < 1.29 is 18.3 Å². The van der Waals surface area contributed by atoms with Gasteiger partial charge in [-0.1, -0.05) is 18.2 Å². The fraction of sp³-hybridized carbons (Fsp3) is 0.500. The maximum absolute atomic E-state index is 12.3. The van der Waals surface area contributed by atoms with Gasteiger partial charge in [-0.05, 0) is 18.1 Å². The van der Waals surface area contributed by atoms with Crippen LogP contribution in [0.5, 0.6) is 5.75 Å². The number of ether oxygens (including phenoxy) is 2. The van der Waals surface area contributed by atoms with E-state index in [9.17, 15) is 8.78 Å². The van der Waals surface area contributed by atoms with Gasteiger partial charge in [-0.25, -0.2) is 0 Å². The van der Waals surface area contributed by atoms with E-state index in [0.29, 0.717) is 37.7 Å². The van der Waals surface area contributed by atoms with Crippen LogP contribution in [0.25, 0.3) is 0 Å². The molecule has 1 heterocycles. The molecule has 5 nitrogen and oxygen atoms in total. The lowest BCUT2D eigenvalue weighted by Gasteiger charge is -2.27. The minimum atomic E-state index is -2.83. The lowest BCUT2D eigenvalue weighted by molar-refractivity contribution is -0.0504. The highest BCUT2D eigenvalue weighted by Crippen LogP contribution is 2.20. The van der Waals surface area contributed by atoms with Gasteiger partial charge in [-0.15, -0.1) is 0 Å². The van der Waals surface area contributed by atoms with E-state index in [1.54, 1.807) is 18.2 Å². The van der Waals surface area contributed by atoms with Crippen molar-refractivity contribution in [2.75, 3.05) is 32.8 Å². The molecule has 0 radical (unpaired) electrons. The number of benzene rings is 1. The normalized spacial score (nSPS) is 16.3. The second kappa shape index (κ2) is 7.78. The molecule has 7 heteroatoms. The molecule has 1 aromatic carbocycles. The summed E-state index contributed by atoms with van der Waals surface area (Å²) in [6.07, 6.45) is 0.494. The van der Waals surface area contributed by atoms with Crippen LogP contribution in [0.3, 0.4) is 0 Å². The monoisotopic (exact) mass is 299 g/mol. The van der Waals surface area contributed by atoms with Crippen LogP contribution in [0.1, 0.15) is 5.56 Å². The summed E-state index contributed by atoms with van der Waals surface area (Å²) < 4.78 is 34.3. The zero-order chi connectivity index (χ0) is 15.1. The van der Waals surface area contributed by atoms with Crippen molar-refractivity contribution in [1.29, 1.82) is 0 Å². The van der Waals surface area contributed by atoms with Crippen LogP contribution in [0.4, 0.5) is 8.78 Å². The van der Waals surface area contributed by atoms with Gasteiger partial charge in [0.1, 0.15) is 5.75 Å². The van der Waals surface area contributed by atoms with Gasteiger partial charge in [0.25, 0.3) is 0 Å². The number of hydrogen-bond acceptors (Lipinski definition) is 3. The van der Waals surface area contributed by atoms with Gasteiger partial charge >= 0.3 is 6.61 Å². The number of nitrogens with zero attached hydrogens (tertiary/aromatic N) is 2. The Balaban J connectivity index is 1.90. The van der Waals surface area contributed by atoms with Crippen LogP contribution >= 0.6 is 0 Å². The Labute approximate surface area is 122 Å². The van der Waals surface area contributed by atoms with E-state index in [1.165, 1.54) is 6.07 Å². The number of alkyl halides is 2. The highest BCUT2D eigenvalue weighted by atomic mass is 19.3. The van der Waals surface area contributed by atoms with Crippen LogP contribution in [0, 0.1) is 0 Å². The smallest absolute Gasteiger partial charge is 0.387 e. The fourth-order valence-corrected chi connectivity index (χ4v) is 2.10. The predicted molar refractivity (Wildman–Crippen MR) is 75.7 cm³/mol. The standard InChI is InChI=1S/C14H19F2N3O2/c15-13(16)21-12-4-2-1-3-11(12)5-6-18-14(17)19-7-9-20-10-8-19/h1-4,13H,5-10H2,(H2,17,18). The molecule has 1 aromatic rings. The van der Waals surface area contributed by atoms with Crippen molar-refractivity contribution in [2.45, 2.75) is 13.0 Å². The highest BCUT2D eigenvalue weighted by Gasteiger charge is 2.12. The molecule has 0 spiro atoms. The van der Waals surface area contributed by atoms with Gasteiger partial charge in [-0.3, -0.25) is 4.99 Å². The second-order valence-electron chi connectivity index (χ2n) is 4.58. The number of para-hydroxylation sites is 1. The molecule has 0 bridgehead atoms. The minimum Gasteiger partial charge on any atom is -0.435 e. The number of morpholine rings is 1. The molecule has 0 unspecified atom stereocenters. The maximum Gasteiger partial charge on any atom is 0.387 e. The molecule has 0 saturated carbocycles. The summed E-state index contributed by atoms with van der Waals surface area (Å²) in [6.45, 7) is 0.323. The van der Waals surface area contributed by atoms with E-state index in [-0.39, 0.29) is 5.75 Å². The average Bonchev–Trinajstić information content (AvgIpc) is 2.49. The number of guanidine groups is 1. The Kier molecular flexibility index (Phi) is 5.74. The number of nitrogens with two attached hydrogens (primary N) is 1. The molecule has 1 saturated heterocycles. The molecular weight excluding hydrogens is 280 g/mol. The first-order chi connectivity index (χ1) is 10.2. The predicted octanol–water partition coefficient (Wildman–Crippen LogP) is 1.48. The van der Waals surface area contributed by atoms with E-state index in [1.807, 2.05) is 4.90 Å². The van der Waals surface area contributed by atoms with Gasteiger partial charge in [-0.2, -0.15) is 8.78 Å². The summed E-state index contributed by atoms with van der Waals surface area (Å²) in [6, 6.07) is 6.71. The summed E-state index contributed by atoms with van der Waals surface area (Å²) >= 11 is 0. The molecule has 2 N–H and O–H groups in total. The summed E-state index contributed by atoms with van der Waals surface area (Å²) in [5.74, 6) is 0.651. The number of aliphatic imine (C=N–C) groups is 1. The Morgan fingerprint density at radius 2 is 2.05 bits per heavy atom. The summed E-state index contributed by atoms with van der Waals surface area (Å²) in [5.41, 5.74) is 6.59. The topological polar surface area (TPSA) is 60.1 Å². The van der Waals surface area contributed by atoms with Crippen molar-refractivity contribution in [3.8, 4) is 5.75 Å². The van der Waals surface area contributed by atoms with Crippen molar-refractivity contribution in [2.24, 2.45) is 10.7 Å². The first-order valence-corrected chi connectivity index (χ1v) is 6.82. The molecule has 2 rings (SSSR count). The molecule has 21 heavy (non-hydrogen) atoms. The van der Waals surface area contributed by atoms with Crippen molar-refractivity contribution >= 4 is 5.96 Å². The average molecular weight is 299 g/mol. The first kappa shape index (κ1) is 15.5.